The van der Waals surface area contributed by atoms with Crippen LogP contribution in [-0.2, 0) is 11.3 Å². The van der Waals surface area contributed by atoms with Gasteiger partial charge in [-0.1, -0.05) is 29.8 Å². The minimum absolute atomic E-state index is 0.373. The monoisotopic (exact) mass is 303 g/mol. The summed E-state index contributed by atoms with van der Waals surface area (Å²) in [6, 6.07) is 11.3. The maximum Gasteiger partial charge on any atom is 0.337 e. The lowest BCUT2D eigenvalue weighted by atomic mass is 10.0. The van der Waals surface area contributed by atoms with Crippen molar-refractivity contribution in [3.05, 3.63) is 63.7 Å². The molecule has 0 radical (unpaired) electrons. The molecule has 0 saturated carbocycles. The molecule has 4 heteroatoms. The van der Waals surface area contributed by atoms with Crippen LogP contribution in [0.15, 0.2) is 36.4 Å². The number of esters is 1. The van der Waals surface area contributed by atoms with Crippen molar-refractivity contribution in [1.29, 1.82) is 0 Å². The molecular formula is C17H18ClNO2. The summed E-state index contributed by atoms with van der Waals surface area (Å²) in [6.45, 7) is 4.82. The smallest absolute Gasteiger partial charge is 0.337 e. The zero-order valence-corrected chi connectivity index (χ0v) is 13.1. The number of ether oxygens (including phenoxy) is 1. The second-order valence-electron chi connectivity index (χ2n) is 4.91. The lowest BCUT2D eigenvalue weighted by Crippen LogP contribution is -2.06. The predicted octanol–water partition coefficient (Wildman–Crippen LogP) is 4.36. The number of hydrogen-bond acceptors (Lipinski definition) is 3. The fraction of sp³-hybridized carbons (Fsp3) is 0.235. The van der Waals surface area contributed by atoms with Gasteiger partial charge in [0.1, 0.15) is 0 Å². The van der Waals surface area contributed by atoms with Crippen molar-refractivity contribution in [2.75, 3.05) is 12.4 Å². The highest BCUT2D eigenvalue weighted by Crippen LogP contribution is 2.25. The van der Waals surface area contributed by atoms with Gasteiger partial charge in [0.2, 0.25) is 0 Å². The molecule has 0 aliphatic heterocycles. The Bertz CT molecular complexity index is 648. The molecule has 0 saturated heterocycles. The number of carbonyl (C=O) groups is 1. The summed E-state index contributed by atoms with van der Waals surface area (Å²) >= 11 is 6.18. The Morgan fingerprint density at radius 3 is 2.48 bits per heavy atom. The topological polar surface area (TPSA) is 38.3 Å². The predicted molar refractivity (Wildman–Crippen MR) is 86.0 cm³/mol. The number of benzene rings is 2. The van der Waals surface area contributed by atoms with E-state index in [4.69, 9.17) is 16.3 Å². The number of aryl methyl sites for hydroxylation is 2. The molecule has 0 aliphatic rings. The first-order valence-electron chi connectivity index (χ1n) is 6.69. The lowest BCUT2D eigenvalue weighted by Gasteiger charge is -2.13. The molecule has 0 amide bonds. The Morgan fingerprint density at radius 2 is 1.86 bits per heavy atom. The van der Waals surface area contributed by atoms with Crippen LogP contribution in [0.5, 0.6) is 0 Å². The highest BCUT2D eigenvalue weighted by atomic mass is 35.5. The van der Waals surface area contributed by atoms with E-state index in [-0.39, 0.29) is 5.97 Å². The van der Waals surface area contributed by atoms with Crippen molar-refractivity contribution in [3.8, 4) is 0 Å². The van der Waals surface area contributed by atoms with E-state index in [1.807, 2.05) is 6.07 Å². The third-order valence-corrected chi connectivity index (χ3v) is 3.82. The highest BCUT2D eigenvalue weighted by Gasteiger charge is 2.09. The van der Waals surface area contributed by atoms with Gasteiger partial charge < -0.3 is 10.1 Å². The van der Waals surface area contributed by atoms with E-state index in [1.165, 1.54) is 23.8 Å². The molecule has 0 aromatic heterocycles. The quantitative estimate of drug-likeness (QED) is 0.853. The Labute approximate surface area is 129 Å². The molecule has 1 N–H and O–H groups in total. The fourth-order valence-electron chi connectivity index (χ4n) is 2.22. The average molecular weight is 304 g/mol. The van der Waals surface area contributed by atoms with Gasteiger partial charge in [0, 0.05) is 6.54 Å². The van der Waals surface area contributed by atoms with E-state index in [1.54, 1.807) is 18.2 Å². The van der Waals surface area contributed by atoms with Crippen LogP contribution in [0.2, 0.25) is 5.02 Å². The molecule has 3 nitrogen and oxygen atoms in total. The third kappa shape index (κ3) is 3.56. The summed E-state index contributed by atoms with van der Waals surface area (Å²) < 4.78 is 4.72. The Balaban J connectivity index is 2.22. The number of hydrogen-bond donors (Lipinski definition) is 1. The number of nitrogens with one attached hydrogen (secondary N) is 1. The largest absolute Gasteiger partial charge is 0.465 e. The van der Waals surface area contributed by atoms with Crippen molar-refractivity contribution < 1.29 is 9.53 Å². The van der Waals surface area contributed by atoms with E-state index in [0.29, 0.717) is 17.1 Å². The molecule has 0 atom stereocenters. The van der Waals surface area contributed by atoms with Gasteiger partial charge in [-0.3, -0.25) is 0 Å². The maximum absolute atomic E-state index is 11.6. The Morgan fingerprint density at radius 1 is 1.19 bits per heavy atom. The second-order valence-corrected chi connectivity index (χ2v) is 5.32. The Hall–Kier alpha value is -2.00. The minimum Gasteiger partial charge on any atom is -0.465 e. The first kappa shape index (κ1) is 15.4. The van der Waals surface area contributed by atoms with E-state index in [0.717, 1.165) is 5.69 Å². The van der Waals surface area contributed by atoms with Gasteiger partial charge in [-0.2, -0.15) is 0 Å². The van der Waals surface area contributed by atoms with Gasteiger partial charge in [-0.25, -0.2) is 4.79 Å². The van der Waals surface area contributed by atoms with Crippen LogP contribution in [0.25, 0.3) is 0 Å². The van der Waals surface area contributed by atoms with E-state index < -0.39 is 0 Å². The summed E-state index contributed by atoms with van der Waals surface area (Å²) in [5.41, 5.74) is 4.88. The van der Waals surface area contributed by atoms with Gasteiger partial charge in [-0.05, 0) is 48.7 Å². The third-order valence-electron chi connectivity index (χ3n) is 3.49. The number of anilines is 1. The molecule has 110 valence electrons. The molecular weight excluding hydrogens is 286 g/mol. The molecule has 0 unspecified atom stereocenters. The van der Waals surface area contributed by atoms with Crippen LogP contribution in [0.1, 0.15) is 27.0 Å². The minimum atomic E-state index is -0.373. The highest BCUT2D eigenvalue weighted by molar-refractivity contribution is 6.33. The maximum atomic E-state index is 11.6. The van der Waals surface area contributed by atoms with Crippen LogP contribution in [0.4, 0.5) is 5.69 Å². The van der Waals surface area contributed by atoms with Gasteiger partial charge in [0.05, 0.1) is 23.4 Å². The molecule has 0 fully saturated rings. The van der Waals surface area contributed by atoms with Crippen LogP contribution < -0.4 is 5.32 Å². The average Bonchev–Trinajstić information content (AvgIpc) is 2.47. The van der Waals surface area contributed by atoms with Crippen LogP contribution >= 0.6 is 11.6 Å². The standard InChI is InChI=1S/C17H18ClNO2/c1-11-5-4-6-12(2)14(11)10-19-16-9-13(17(20)21-3)7-8-15(16)18/h4-9,19H,10H2,1-3H3. The molecule has 2 rings (SSSR count). The van der Waals surface area contributed by atoms with Crippen molar-refractivity contribution >= 4 is 23.3 Å². The molecule has 21 heavy (non-hydrogen) atoms. The summed E-state index contributed by atoms with van der Waals surface area (Å²) in [5.74, 6) is -0.373. The normalized spacial score (nSPS) is 10.3. The van der Waals surface area contributed by atoms with Crippen LogP contribution in [0.3, 0.4) is 0 Å². The van der Waals surface area contributed by atoms with Crippen molar-refractivity contribution in [3.63, 3.8) is 0 Å². The van der Waals surface area contributed by atoms with Crippen LogP contribution in [-0.4, -0.2) is 13.1 Å². The Kier molecular flexibility index (Phi) is 4.86. The van der Waals surface area contributed by atoms with Gasteiger partial charge >= 0.3 is 5.97 Å². The lowest BCUT2D eigenvalue weighted by molar-refractivity contribution is 0.0601. The van der Waals surface area contributed by atoms with Crippen molar-refractivity contribution in [2.24, 2.45) is 0 Å². The van der Waals surface area contributed by atoms with E-state index >= 15 is 0 Å². The summed E-state index contributed by atoms with van der Waals surface area (Å²) in [5, 5.41) is 3.87. The van der Waals surface area contributed by atoms with E-state index in [2.05, 4.69) is 31.3 Å². The summed E-state index contributed by atoms with van der Waals surface area (Å²) in [7, 11) is 1.36. The van der Waals surface area contributed by atoms with E-state index in [9.17, 15) is 4.79 Å². The molecule has 0 spiro atoms. The molecule has 2 aromatic rings. The summed E-state index contributed by atoms with van der Waals surface area (Å²) in [6.07, 6.45) is 0. The van der Waals surface area contributed by atoms with Crippen molar-refractivity contribution in [1.82, 2.24) is 0 Å². The molecule has 0 aliphatic carbocycles. The second kappa shape index (κ2) is 6.64. The summed E-state index contributed by atoms with van der Waals surface area (Å²) in [4.78, 5) is 11.6. The number of methoxy groups -OCH3 is 1. The number of halogens is 1. The van der Waals surface area contributed by atoms with Crippen LogP contribution in [0, 0.1) is 13.8 Å². The van der Waals surface area contributed by atoms with Gasteiger partial charge in [0.25, 0.3) is 0 Å². The first-order chi connectivity index (χ1) is 10.0. The zero-order chi connectivity index (χ0) is 15.4. The van der Waals surface area contributed by atoms with Gasteiger partial charge in [0.15, 0.2) is 0 Å². The molecule has 2 aromatic carbocycles. The zero-order valence-electron chi connectivity index (χ0n) is 12.4. The number of carbonyl (C=O) groups excluding carboxylic acids is 1. The van der Waals surface area contributed by atoms with Crippen molar-refractivity contribution in [2.45, 2.75) is 20.4 Å². The SMILES string of the molecule is COC(=O)c1ccc(Cl)c(NCc2c(C)cccc2C)c1. The molecule has 0 heterocycles. The fourth-order valence-corrected chi connectivity index (χ4v) is 2.40. The molecule has 0 bridgehead atoms. The van der Waals surface area contributed by atoms with Gasteiger partial charge in [-0.15, -0.1) is 0 Å². The number of rotatable bonds is 4. The first-order valence-corrected chi connectivity index (χ1v) is 7.07.